The van der Waals surface area contributed by atoms with Crippen LogP contribution >= 0.6 is 34.7 Å². The van der Waals surface area contributed by atoms with Gasteiger partial charge in [0.2, 0.25) is 5.91 Å². The summed E-state index contributed by atoms with van der Waals surface area (Å²) in [6, 6.07) is 16.1. The molecule has 0 radical (unpaired) electrons. The highest BCUT2D eigenvalue weighted by Gasteiger charge is 2.20. The van der Waals surface area contributed by atoms with Crippen LogP contribution in [0.25, 0.3) is 10.2 Å². The van der Waals surface area contributed by atoms with Crippen molar-refractivity contribution in [3.8, 4) is 0 Å². The van der Waals surface area contributed by atoms with Crippen LogP contribution in [0.15, 0.2) is 65.8 Å². The zero-order valence-corrected chi connectivity index (χ0v) is 19.6. The van der Waals surface area contributed by atoms with Crippen LogP contribution in [0.4, 0.5) is 5.13 Å². The van der Waals surface area contributed by atoms with Crippen LogP contribution in [0.1, 0.15) is 18.4 Å². The zero-order chi connectivity index (χ0) is 21.6. The van der Waals surface area contributed by atoms with Gasteiger partial charge in [-0.05, 0) is 49.4 Å². The van der Waals surface area contributed by atoms with Crippen LogP contribution in [0, 0.1) is 6.92 Å². The molecule has 4 aromatic rings. The Labute approximate surface area is 195 Å². The van der Waals surface area contributed by atoms with Crippen LogP contribution < -0.4 is 4.90 Å². The van der Waals surface area contributed by atoms with Crippen molar-refractivity contribution in [1.82, 2.24) is 14.8 Å². The smallest absolute Gasteiger partial charge is 0.228 e. The molecule has 0 aliphatic rings. The SMILES string of the molecule is Cc1ccc(SCCCC(=O)N(CCn2cccn2)c2nc3c(Cl)cccc3s2)cc1. The molecular formula is C23H23ClN4OS2. The minimum atomic E-state index is 0.0758. The Morgan fingerprint density at radius 1 is 1.19 bits per heavy atom. The number of hydrogen-bond donors (Lipinski definition) is 0. The lowest BCUT2D eigenvalue weighted by Gasteiger charge is -2.20. The van der Waals surface area contributed by atoms with Gasteiger partial charge in [-0.3, -0.25) is 14.4 Å². The quantitative estimate of drug-likeness (QED) is 0.220. The maximum atomic E-state index is 13.1. The third-order valence-corrected chi connectivity index (χ3v) is 7.27. The fourth-order valence-electron chi connectivity index (χ4n) is 3.16. The Hall–Kier alpha value is -2.35. The van der Waals surface area contributed by atoms with E-state index in [-0.39, 0.29) is 5.91 Å². The van der Waals surface area contributed by atoms with E-state index < -0.39 is 0 Å². The first-order chi connectivity index (χ1) is 15.1. The number of rotatable bonds is 9. The predicted molar refractivity (Wildman–Crippen MR) is 130 cm³/mol. The normalized spacial score (nSPS) is 11.2. The van der Waals surface area contributed by atoms with Gasteiger partial charge in [-0.25, -0.2) is 4.98 Å². The van der Waals surface area contributed by atoms with Crippen LogP contribution in [0.3, 0.4) is 0 Å². The monoisotopic (exact) mass is 470 g/mol. The van der Waals surface area contributed by atoms with E-state index in [1.807, 2.05) is 35.1 Å². The number of carbonyl (C=O) groups excluding carboxylic acids is 1. The summed E-state index contributed by atoms with van der Waals surface area (Å²) in [7, 11) is 0. The average molecular weight is 471 g/mol. The van der Waals surface area contributed by atoms with E-state index in [0.717, 1.165) is 22.4 Å². The van der Waals surface area contributed by atoms with Crippen molar-refractivity contribution < 1.29 is 4.79 Å². The van der Waals surface area contributed by atoms with Gasteiger partial charge in [0.15, 0.2) is 5.13 Å². The molecule has 2 aromatic heterocycles. The van der Waals surface area contributed by atoms with Gasteiger partial charge in [0.25, 0.3) is 0 Å². The van der Waals surface area contributed by atoms with Gasteiger partial charge in [-0.2, -0.15) is 5.10 Å². The molecule has 0 unspecified atom stereocenters. The Bertz CT molecular complexity index is 1140. The van der Waals surface area contributed by atoms with E-state index in [9.17, 15) is 4.79 Å². The fraction of sp³-hybridized carbons (Fsp3) is 0.261. The molecule has 0 aliphatic carbocycles. The summed E-state index contributed by atoms with van der Waals surface area (Å²) in [4.78, 5) is 20.8. The number of aryl methyl sites for hydroxylation is 1. The van der Waals surface area contributed by atoms with Crippen molar-refractivity contribution in [2.24, 2.45) is 0 Å². The number of fused-ring (bicyclic) bond motifs is 1. The molecule has 160 valence electrons. The summed E-state index contributed by atoms with van der Waals surface area (Å²) in [6.07, 6.45) is 4.92. The van der Waals surface area contributed by atoms with Gasteiger partial charge in [-0.15, -0.1) is 11.8 Å². The van der Waals surface area contributed by atoms with E-state index in [2.05, 4.69) is 41.3 Å². The number of para-hydroxylation sites is 1. The van der Waals surface area contributed by atoms with E-state index in [1.54, 1.807) is 22.9 Å². The van der Waals surface area contributed by atoms with E-state index >= 15 is 0 Å². The lowest BCUT2D eigenvalue weighted by atomic mass is 10.2. The second kappa shape index (κ2) is 10.3. The Morgan fingerprint density at radius 2 is 2.03 bits per heavy atom. The largest absolute Gasteiger partial charge is 0.286 e. The highest BCUT2D eigenvalue weighted by Crippen LogP contribution is 2.33. The Kier molecular flexibility index (Phi) is 7.27. The minimum absolute atomic E-state index is 0.0758. The summed E-state index contributed by atoms with van der Waals surface area (Å²) >= 11 is 9.58. The van der Waals surface area contributed by atoms with Gasteiger partial charge in [-0.1, -0.05) is 46.7 Å². The number of nitrogens with zero attached hydrogens (tertiary/aromatic N) is 4. The molecule has 5 nitrogen and oxygen atoms in total. The molecule has 1 amide bonds. The van der Waals surface area contributed by atoms with E-state index in [1.165, 1.54) is 21.8 Å². The summed E-state index contributed by atoms with van der Waals surface area (Å²) in [6.45, 7) is 3.21. The summed E-state index contributed by atoms with van der Waals surface area (Å²) in [5.41, 5.74) is 2.00. The fourth-order valence-corrected chi connectivity index (χ4v) is 5.33. The molecule has 0 N–H and O–H groups in total. The van der Waals surface area contributed by atoms with Crippen molar-refractivity contribution in [3.63, 3.8) is 0 Å². The number of halogens is 1. The third-order valence-electron chi connectivity index (χ3n) is 4.83. The summed E-state index contributed by atoms with van der Waals surface area (Å²) < 4.78 is 2.81. The first-order valence-electron chi connectivity index (χ1n) is 10.1. The molecule has 0 saturated carbocycles. The highest BCUT2D eigenvalue weighted by molar-refractivity contribution is 7.99. The van der Waals surface area contributed by atoms with Crippen LogP contribution in [0.5, 0.6) is 0 Å². The molecular weight excluding hydrogens is 448 g/mol. The number of benzene rings is 2. The van der Waals surface area contributed by atoms with Crippen molar-refractivity contribution >= 4 is 56.0 Å². The van der Waals surface area contributed by atoms with Crippen molar-refractivity contribution in [1.29, 1.82) is 0 Å². The van der Waals surface area contributed by atoms with Gasteiger partial charge in [0.05, 0.1) is 16.3 Å². The Balaban J connectivity index is 1.42. The standard InChI is InChI=1S/C23H23ClN4OS2/c1-17-8-10-18(11-9-17)30-16-3-7-21(29)28(15-14-27-13-4-12-25-27)23-26-22-19(24)5-2-6-20(22)31-23/h2,4-6,8-13H,3,7,14-16H2,1H3. The number of thiazole rings is 1. The number of anilines is 1. The number of carbonyl (C=O) groups is 1. The molecule has 31 heavy (non-hydrogen) atoms. The third kappa shape index (κ3) is 5.67. The number of hydrogen-bond acceptors (Lipinski definition) is 5. The molecule has 2 aromatic carbocycles. The van der Waals surface area contributed by atoms with Gasteiger partial charge >= 0.3 is 0 Å². The summed E-state index contributed by atoms with van der Waals surface area (Å²) in [5, 5.41) is 5.54. The first kappa shape index (κ1) is 21.9. The number of aromatic nitrogens is 3. The topological polar surface area (TPSA) is 51.0 Å². The molecule has 0 atom stereocenters. The van der Waals surface area contributed by atoms with E-state index in [0.29, 0.717) is 29.7 Å². The van der Waals surface area contributed by atoms with Gasteiger partial charge in [0, 0.05) is 30.3 Å². The van der Waals surface area contributed by atoms with E-state index in [4.69, 9.17) is 11.6 Å². The van der Waals surface area contributed by atoms with Crippen molar-refractivity contribution in [3.05, 3.63) is 71.5 Å². The molecule has 0 saturated heterocycles. The highest BCUT2D eigenvalue weighted by atomic mass is 35.5. The molecule has 0 aliphatic heterocycles. The lowest BCUT2D eigenvalue weighted by molar-refractivity contribution is -0.118. The lowest BCUT2D eigenvalue weighted by Crippen LogP contribution is -2.34. The second-order valence-corrected chi connectivity index (χ2v) is 9.75. The maximum absolute atomic E-state index is 13.1. The second-order valence-electron chi connectivity index (χ2n) is 7.16. The van der Waals surface area contributed by atoms with Crippen molar-refractivity contribution in [2.45, 2.75) is 31.2 Å². The van der Waals surface area contributed by atoms with Crippen LogP contribution in [-0.4, -0.2) is 33.0 Å². The number of thioether (sulfide) groups is 1. The molecule has 4 rings (SSSR count). The molecule has 0 fully saturated rings. The van der Waals surface area contributed by atoms with Gasteiger partial charge < -0.3 is 0 Å². The Morgan fingerprint density at radius 3 is 2.77 bits per heavy atom. The average Bonchev–Trinajstić information content (AvgIpc) is 3.43. The zero-order valence-electron chi connectivity index (χ0n) is 17.2. The maximum Gasteiger partial charge on any atom is 0.228 e. The number of amides is 1. The minimum Gasteiger partial charge on any atom is -0.286 e. The molecule has 8 heteroatoms. The molecule has 0 bridgehead atoms. The van der Waals surface area contributed by atoms with Gasteiger partial charge in [0.1, 0.15) is 5.52 Å². The molecule has 0 spiro atoms. The van der Waals surface area contributed by atoms with Crippen LogP contribution in [-0.2, 0) is 11.3 Å². The first-order valence-corrected chi connectivity index (χ1v) is 12.3. The summed E-state index contributed by atoms with van der Waals surface area (Å²) in [5.74, 6) is 0.972. The predicted octanol–water partition coefficient (Wildman–Crippen LogP) is 6.06. The molecule has 2 heterocycles. The van der Waals surface area contributed by atoms with Crippen molar-refractivity contribution in [2.75, 3.05) is 17.2 Å². The van der Waals surface area contributed by atoms with Crippen LogP contribution in [0.2, 0.25) is 5.02 Å².